The third-order valence-corrected chi connectivity index (χ3v) is 15.1. The Hall–Kier alpha value is -8.20. The molecule has 0 N–H and O–H groups in total. The fourth-order valence-corrected chi connectivity index (χ4v) is 12.2. The quantitative estimate of drug-likeness (QED) is 0.176. The molecular formula is C64H43NO. The van der Waals surface area contributed by atoms with Crippen LogP contribution in [0.4, 0.5) is 17.1 Å². The summed E-state index contributed by atoms with van der Waals surface area (Å²) in [5.41, 5.74) is 24.4. The summed E-state index contributed by atoms with van der Waals surface area (Å²) in [4.78, 5) is 2.52. The number of rotatable bonds is 4. The van der Waals surface area contributed by atoms with Gasteiger partial charge in [0.1, 0.15) is 11.2 Å². The molecule has 1 atom stereocenters. The highest BCUT2D eigenvalue weighted by Gasteiger charge is 2.50. The first-order valence-electron chi connectivity index (χ1n) is 23.1. The Kier molecular flexibility index (Phi) is 7.70. The summed E-state index contributed by atoms with van der Waals surface area (Å²) in [7, 11) is 0. The van der Waals surface area contributed by atoms with Gasteiger partial charge in [-0.05, 0) is 132 Å². The minimum Gasteiger partial charge on any atom is -0.456 e. The van der Waals surface area contributed by atoms with Gasteiger partial charge in [0.15, 0.2) is 0 Å². The Labute approximate surface area is 384 Å². The SMILES string of the molecule is CC1(C)c2ccccc2-c2ccc(N(c3ccc4c(c3)C3(c5ccccc5-c5ccccc5-4)c4ccccc4-c4cc5c(cc43)oc3ccccc35)c3ccccc3-c3ccccc3)cc21. The molecule has 2 nitrogen and oxygen atoms in total. The lowest BCUT2D eigenvalue weighted by atomic mass is 9.65. The zero-order valence-corrected chi connectivity index (χ0v) is 36.7. The molecule has 0 saturated carbocycles. The number of nitrogens with zero attached hydrogens (tertiary/aromatic N) is 1. The van der Waals surface area contributed by atoms with Crippen LogP contribution in [0.25, 0.3) is 77.6 Å². The smallest absolute Gasteiger partial charge is 0.135 e. The van der Waals surface area contributed by atoms with Gasteiger partial charge in [-0.15, -0.1) is 0 Å². The van der Waals surface area contributed by atoms with Gasteiger partial charge in [0.05, 0.1) is 11.1 Å². The van der Waals surface area contributed by atoms with Crippen molar-refractivity contribution < 1.29 is 4.42 Å². The lowest BCUT2D eigenvalue weighted by Crippen LogP contribution is -2.29. The van der Waals surface area contributed by atoms with E-state index in [1.165, 1.54) is 89.0 Å². The summed E-state index contributed by atoms with van der Waals surface area (Å²) in [5, 5.41) is 2.28. The van der Waals surface area contributed by atoms with Crippen LogP contribution in [0.3, 0.4) is 0 Å². The van der Waals surface area contributed by atoms with E-state index in [0.717, 1.165) is 39.0 Å². The molecule has 0 saturated heterocycles. The fourth-order valence-electron chi connectivity index (χ4n) is 12.2. The van der Waals surface area contributed by atoms with Crippen molar-refractivity contribution in [3.05, 3.63) is 258 Å². The summed E-state index contributed by atoms with van der Waals surface area (Å²) in [5.74, 6) is 0. The summed E-state index contributed by atoms with van der Waals surface area (Å²) in [6.45, 7) is 4.75. The maximum Gasteiger partial charge on any atom is 0.135 e. The molecule has 2 heteroatoms. The van der Waals surface area contributed by atoms with E-state index in [0.29, 0.717) is 0 Å². The predicted octanol–water partition coefficient (Wildman–Crippen LogP) is 17.0. The molecule has 14 rings (SSSR count). The van der Waals surface area contributed by atoms with E-state index < -0.39 is 5.41 Å². The van der Waals surface area contributed by atoms with Crippen LogP contribution < -0.4 is 4.90 Å². The van der Waals surface area contributed by atoms with Gasteiger partial charge in [-0.25, -0.2) is 0 Å². The van der Waals surface area contributed by atoms with E-state index >= 15 is 0 Å². The highest BCUT2D eigenvalue weighted by molar-refractivity contribution is 6.09. The molecule has 1 aromatic heterocycles. The van der Waals surface area contributed by atoms with Gasteiger partial charge in [0.25, 0.3) is 0 Å². The first-order chi connectivity index (χ1) is 32.5. The maximum atomic E-state index is 6.78. The Morgan fingerprint density at radius 3 is 1.50 bits per heavy atom. The van der Waals surface area contributed by atoms with Gasteiger partial charge in [-0.3, -0.25) is 0 Å². The minimum atomic E-state index is -0.702. The number of hydrogen-bond donors (Lipinski definition) is 0. The molecule has 1 heterocycles. The van der Waals surface area contributed by atoms with E-state index in [1.807, 2.05) is 0 Å². The van der Waals surface area contributed by atoms with Crippen LogP contribution in [0.2, 0.25) is 0 Å². The number of furan rings is 1. The molecule has 66 heavy (non-hydrogen) atoms. The van der Waals surface area contributed by atoms with Gasteiger partial charge in [0, 0.05) is 33.1 Å². The Morgan fingerprint density at radius 1 is 0.318 bits per heavy atom. The first-order valence-corrected chi connectivity index (χ1v) is 23.1. The number of para-hydroxylation sites is 2. The highest BCUT2D eigenvalue weighted by Crippen LogP contribution is 2.63. The van der Waals surface area contributed by atoms with Crippen LogP contribution >= 0.6 is 0 Å². The fraction of sp³-hybridized carbons (Fsp3) is 0.0625. The molecule has 1 spiro atoms. The van der Waals surface area contributed by atoms with E-state index in [4.69, 9.17) is 4.42 Å². The average molecular weight is 842 g/mol. The van der Waals surface area contributed by atoms with Crippen molar-refractivity contribution in [2.24, 2.45) is 0 Å². The summed E-state index contributed by atoms with van der Waals surface area (Å²) < 4.78 is 6.78. The van der Waals surface area contributed by atoms with Crippen LogP contribution in [-0.2, 0) is 10.8 Å². The van der Waals surface area contributed by atoms with Crippen molar-refractivity contribution in [2.75, 3.05) is 4.90 Å². The second-order valence-corrected chi connectivity index (χ2v) is 18.7. The van der Waals surface area contributed by atoms with Crippen molar-refractivity contribution in [1.29, 1.82) is 0 Å². The van der Waals surface area contributed by atoms with Crippen LogP contribution in [0.1, 0.15) is 47.2 Å². The van der Waals surface area contributed by atoms with E-state index in [-0.39, 0.29) is 5.41 Å². The van der Waals surface area contributed by atoms with Crippen molar-refractivity contribution in [1.82, 2.24) is 0 Å². The van der Waals surface area contributed by atoms with Crippen molar-refractivity contribution in [2.45, 2.75) is 24.7 Å². The largest absolute Gasteiger partial charge is 0.456 e. The first kappa shape index (κ1) is 37.2. The third-order valence-electron chi connectivity index (χ3n) is 15.1. The standard InChI is InChI=1S/C64H43NO/c1-63(2)54-27-13-8-24-47(54)50-35-33-41(36-57(50)63)65(60-30-16-11-20-43(60)40-18-4-3-5-19-40)42-32-34-49-45-22-7-6-21-44(45)46-23-9-14-28-55(46)64(58(49)37-42)56-29-15-10-25-48(56)52-38-53-51-26-12-17-31-61(51)66-62(53)39-59(52)64/h3-39H,1-2H3. The normalized spacial score (nSPS) is 15.6. The number of benzene rings is 10. The molecule has 3 aliphatic rings. The lowest BCUT2D eigenvalue weighted by molar-refractivity contribution is 0.660. The number of hydrogen-bond acceptors (Lipinski definition) is 2. The van der Waals surface area contributed by atoms with Crippen LogP contribution in [-0.4, -0.2) is 0 Å². The molecule has 3 aliphatic carbocycles. The van der Waals surface area contributed by atoms with Crippen LogP contribution in [0.5, 0.6) is 0 Å². The number of anilines is 3. The monoisotopic (exact) mass is 841 g/mol. The van der Waals surface area contributed by atoms with Crippen molar-refractivity contribution >= 4 is 39.0 Å². The van der Waals surface area contributed by atoms with Gasteiger partial charge < -0.3 is 9.32 Å². The van der Waals surface area contributed by atoms with Gasteiger partial charge >= 0.3 is 0 Å². The average Bonchev–Trinajstić information content (AvgIpc) is 3.93. The Morgan fingerprint density at radius 2 is 0.803 bits per heavy atom. The molecule has 10 aromatic carbocycles. The van der Waals surface area contributed by atoms with Crippen molar-refractivity contribution in [3.8, 4) is 55.6 Å². The van der Waals surface area contributed by atoms with E-state index in [2.05, 4.69) is 243 Å². The van der Waals surface area contributed by atoms with Gasteiger partial charge in [-0.1, -0.05) is 190 Å². The molecule has 310 valence electrons. The van der Waals surface area contributed by atoms with Gasteiger partial charge in [0.2, 0.25) is 0 Å². The maximum absolute atomic E-state index is 6.78. The summed E-state index contributed by atoms with van der Waals surface area (Å²) in [6, 6.07) is 83.6. The molecule has 0 amide bonds. The topological polar surface area (TPSA) is 16.4 Å². The second kappa shape index (κ2) is 13.7. The third kappa shape index (κ3) is 4.96. The summed E-state index contributed by atoms with van der Waals surface area (Å²) in [6.07, 6.45) is 0. The molecule has 0 radical (unpaired) electrons. The molecule has 0 fully saturated rings. The van der Waals surface area contributed by atoms with Gasteiger partial charge in [-0.2, -0.15) is 0 Å². The number of fused-ring (bicyclic) bond motifs is 18. The highest BCUT2D eigenvalue weighted by atomic mass is 16.3. The zero-order chi connectivity index (χ0) is 43.7. The lowest BCUT2D eigenvalue weighted by Gasteiger charge is -2.37. The Balaban J connectivity index is 1.11. The van der Waals surface area contributed by atoms with Crippen LogP contribution in [0, 0.1) is 0 Å². The van der Waals surface area contributed by atoms with E-state index in [1.54, 1.807) is 0 Å². The Bertz CT molecular complexity index is 3810. The molecule has 11 aromatic rings. The molecule has 1 unspecified atom stereocenters. The molecular weight excluding hydrogens is 799 g/mol. The van der Waals surface area contributed by atoms with E-state index in [9.17, 15) is 0 Å². The summed E-state index contributed by atoms with van der Waals surface area (Å²) >= 11 is 0. The molecule has 0 aliphatic heterocycles. The molecule has 0 bridgehead atoms. The van der Waals surface area contributed by atoms with Crippen LogP contribution in [0.15, 0.2) is 229 Å². The second-order valence-electron chi connectivity index (χ2n) is 18.7. The minimum absolute atomic E-state index is 0.170. The predicted molar refractivity (Wildman–Crippen MR) is 273 cm³/mol. The van der Waals surface area contributed by atoms with Crippen molar-refractivity contribution in [3.63, 3.8) is 0 Å². The zero-order valence-electron chi connectivity index (χ0n) is 36.7.